The van der Waals surface area contributed by atoms with Crippen molar-refractivity contribution in [3.05, 3.63) is 0 Å². The summed E-state index contributed by atoms with van der Waals surface area (Å²) in [7, 11) is 2.04. The highest BCUT2D eigenvalue weighted by Gasteiger charge is 2.07. The van der Waals surface area contributed by atoms with Crippen molar-refractivity contribution in [3.63, 3.8) is 0 Å². The van der Waals surface area contributed by atoms with Crippen molar-refractivity contribution in [2.75, 3.05) is 20.1 Å². The first-order chi connectivity index (χ1) is 6.43. The van der Waals surface area contributed by atoms with Gasteiger partial charge in [-0.2, -0.15) is 0 Å². The fraction of sp³-hybridized carbons (Fsp3) is 1.00. The first-order valence-electron chi connectivity index (χ1n) is 5.81. The number of hydrogen-bond donors (Lipinski definition) is 2. The predicted octanol–water partition coefficient (Wildman–Crippen LogP) is 2.40. The van der Waals surface area contributed by atoms with Gasteiger partial charge in [0.15, 0.2) is 0 Å². The molecule has 0 radical (unpaired) electrons. The molecule has 0 saturated carbocycles. The summed E-state index contributed by atoms with van der Waals surface area (Å²) in [6.07, 6.45) is 4.06. The molecule has 0 aromatic heterocycles. The van der Waals surface area contributed by atoms with Gasteiger partial charge in [-0.25, -0.2) is 0 Å². The molecule has 1 aliphatic rings. The van der Waals surface area contributed by atoms with E-state index in [0.717, 1.165) is 6.54 Å². The Morgan fingerprint density at radius 3 is 2.23 bits per heavy atom. The third kappa shape index (κ3) is 9.84. The van der Waals surface area contributed by atoms with Crippen LogP contribution in [0.2, 0.25) is 0 Å². The second-order valence-electron chi connectivity index (χ2n) is 2.69. The van der Waals surface area contributed by atoms with Crippen molar-refractivity contribution in [2.45, 2.75) is 53.0 Å². The Morgan fingerprint density at radius 1 is 1.08 bits per heavy atom. The van der Waals surface area contributed by atoms with Crippen molar-refractivity contribution < 1.29 is 0 Å². The lowest BCUT2D eigenvalue weighted by atomic mass is 10.1. The average Bonchev–Trinajstić information content (AvgIpc) is 2.51. The van der Waals surface area contributed by atoms with Gasteiger partial charge in [-0.15, -0.1) is 0 Å². The van der Waals surface area contributed by atoms with Gasteiger partial charge < -0.3 is 10.6 Å². The van der Waals surface area contributed by atoms with Crippen LogP contribution in [0.15, 0.2) is 0 Å². The smallest absolute Gasteiger partial charge is 0.0189 e. The fourth-order valence-corrected chi connectivity index (χ4v) is 1.27. The largest absolute Gasteiger partial charge is 0.316 e. The quantitative estimate of drug-likeness (QED) is 0.660. The maximum atomic E-state index is 3.39. The molecule has 0 bridgehead atoms. The molecule has 2 nitrogen and oxygen atoms in total. The summed E-state index contributed by atoms with van der Waals surface area (Å²) in [6.45, 7) is 10.4. The number of likely N-dealkylation sites (N-methyl/N-ethyl adjacent to an activating group) is 1. The van der Waals surface area contributed by atoms with Crippen LogP contribution in [0.25, 0.3) is 0 Å². The van der Waals surface area contributed by atoms with Crippen LogP contribution in [0.4, 0.5) is 0 Å². The van der Waals surface area contributed by atoms with Gasteiger partial charge in [-0.05, 0) is 26.4 Å². The molecule has 1 aliphatic heterocycles. The Morgan fingerprint density at radius 2 is 1.69 bits per heavy atom. The van der Waals surface area contributed by atoms with E-state index in [1.165, 1.54) is 25.8 Å². The van der Waals surface area contributed by atoms with E-state index in [-0.39, 0.29) is 0 Å². The molecule has 2 heteroatoms. The molecule has 1 saturated heterocycles. The van der Waals surface area contributed by atoms with E-state index in [1.54, 1.807) is 0 Å². The Kier molecular flexibility index (Phi) is 17.1. The highest BCUT2D eigenvalue weighted by Crippen LogP contribution is 2.02. The summed E-state index contributed by atoms with van der Waals surface area (Å²) in [5, 5.41) is 6.67. The molecule has 13 heavy (non-hydrogen) atoms. The summed E-state index contributed by atoms with van der Waals surface area (Å²) in [4.78, 5) is 0. The molecule has 2 N–H and O–H groups in total. The van der Waals surface area contributed by atoms with E-state index in [9.17, 15) is 0 Å². The maximum Gasteiger partial charge on any atom is 0.0189 e. The Labute approximate surface area is 84.5 Å². The van der Waals surface area contributed by atoms with Gasteiger partial charge in [0.1, 0.15) is 0 Å². The summed E-state index contributed by atoms with van der Waals surface area (Å²) in [6, 6.07) is 0.715. The van der Waals surface area contributed by atoms with Crippen LogP contribution in [-0.4, -0.2) is 26.2 Å². The zero-order valence-electron chi connectivity index (χ0n) is 10.1. The highest BCUT2D eigenvalue weighted by atomic mass is 15.0. The fourth-order valence-electron chi connectivity index (χ4n) is 1.27. The molecule has 1 rings (SSSR count). The monoisotopic (exact) mass is 188 g/mol. The lowest BCUT2D eigenvalue weighted by molar-refractivity contribution is 0.516. The van der Waals surface area contributed by atoms with Crippen LogP contribution >= 0.6 is 0 Å². The van der Waals surface area contributed by atoms with E-state index in [1.807, 2.05) is 34.7 Å². The average molecular weight is 188 g/mol. The minimum Gasteiger partial charge on any atom is -0.316 e. The lowest BCUT2D eigenvalue weighted by Gasteiger charge is -2.11. The summed E-state index contributed by atoms with van der Waals surface area (Å²) < 4.78 is 0. The normalized spacial score (nSPS) is 21.5. The van der Waals surface area contributed by atoms with Crippen molar-refractivity contribution in [2.24, 2.45) is 0 Å². The highest BCUT2D eigenvalue weighted by molar-refractivity contribution is 4.70. The van der Waals surface area contributed by atoms with E-state index in [0.29, 0.717) is 6.04 Å². The molecule has 0 amide bonds. The molecule has 1 heterocycles. The molecule has 0 spiro atoms. The van der Waals surface area contributed by atoms with E-state index >= 15 is 0 Å². The van der Waals surface area contributed by atoms with Gasteiger partial charge in [-0.1, -0.05) is 34.1 Å². The molecular formula is C11H28N2. The van der Waals surface area contributed by atoms with Crippen molar-refractivity contribution in [3.8, 4) is 0 Å². The third-order valence-electron chi connectivity index (χ3n) is 1.96. The molecule has 1 atom stereocenters. The number of rotatable bonds is 1. The molecule has 0 aliphatic carbocycles. The SMILES string of the molecule is CC.CC.CNC1CCCCNC1. The maximum absolute atomic E-state index is 3.39. The van der Waals surface area contributed by atoms with E-state index in [2.05, 4.69) is 10.6 Å². The molecule has 1 unspecified atom stereocenters. The minimum atomic E-state index is 0.715. The van der Waals surface area contributed by atoms with Crippen LogP contribution in [0.5, 0.6) is 0 Å². The van der Waals surface area contributed by atoms with Gasteiger partial charge in [0.05, 0.1) is 0 Å². The van der Waals surface area contributed by atoms with Crippen molar-refractivity contribution in [1.82, 2.24) is 10.6 Å². The van der Waals surface area contributed by atoms with Crippen LogP contribution in [0.1, 0.15) is 47.0 Å². The van der Waals surface area contributed by atoms with Gasteiger partial charge in [-0.3, -0.25) is 0 Å². The summed E-state index contributed by atoms with van der Waals surface area (Å²) in [5.74, 6) is 0. The van der Waals surface area contributed by atoms with Gasteiger partial charge in [0.25, 0.3) is 0 Å². The Bertz CT molecular complexity index is 66.5. The molecule has 0 aromatic carbocycles. The molecular weight excluding hydrogens is 160 g/mol. The van der Waals surface area contributed by atoms with Crippen LogP contribution in [0, 0.1) is 0 Å². The first-order valence-corrected chi connectivity index (χ1v) is 5.81. The zero-order valence-corrected chi connectivity index (χ0v) is 10.1. The third-order valence-corrected chi connectivity index (χ3v) is 1.96. The predicted molar refractivity (Wildman–Crippen MR) is 62.3 cm³/mol. The minimum absolute atomic E-state index is 0.715. The topological polar surface area (TPSA) is 24.1 Å². The summed E-state index contributed by atoms with van der Waals surface area (Å²) >= 11 is 0. The standard InChI is InChI=1S/C7H16N2.2C2H6/c1-8-7-4-2-3-5-9-6-7;2*1-2/h7-9H,2-6H2,1H3;2*1-2H3. The van der Waals surface area contributed by atoms with Gasteiger partial charge in [0.2, 0.25) is 0 Å². The zero-order chi connectivity index (χ0) is 10.5. The number of nitrogens with one attached hydrogen (secondary N) is 2. The second kappa shape index (κ2) is 14.4. The summed E-state index contributed by atoms with van der Waals surface area (Å²) in [5.41, 5.74) is 0. The first kappa shape index (κ1) is 15.4. The van der Waals surface area contributed by atoms with Crippen LogP contribution in [-0.2, 0) is 0 Å². The molecule has 0 aromatic rings. The van der Waals surface area contributed by atoms with E-state index < -0.39 is 0 Å². The van der Waals surface area contributed by atoms with Crippen molar-refractivity contribution >= 4 is 0 Å². The van der Waals surface area contributed by atoms with Crippen LogP contribution in [0.3, 0.4) is 0 Å². The Hall–Kier alpha value is -0.0800. The molecule has 82 valence electrons. The van der Waals surface area contributed by atoms with Gasteiger partial charge >= 0.3 is 0 Å². The lowest BCUT2D eigenvalue weighted by Crippen LogP contribution is -2.34. The van der Waals surface area contributed by atoms with E-state index in [4.69, 9.17) is 0 Å². The van der Waals surface area contributed by atoms with Crippen molar-refractivity contribution in [1.29, 1.82) is 0 Å². The molecule has 1 fully saturated rings. The Balaban J connectivity index is 0. The van der Waals surface area contributed by atoms with Crippen LogP contribution < -0.4 is 10.6 Å². The number of hydrogen-bond acceptors (Lipinski definition) is 2. The second-order valence-corrected chi connectivity index (χ2v) is 2.69. The van der Waals surface area contributed by atoms with Gasteiger partial charge in [0, 0.05) is 12.6 Å².